The molecule has 0 aliphatic rings. The minimum atomic E-state index is 0.255. The molecule has 3 nitrogen and oxygen atoms in total. The molecule has 0 spiro atoms. The molecule has 0 aromatic carbocycles. The van der Waals surface area contributed by atoms with Crippen LogP contribution in [-0.2, 0) is 0 Å². The van der Waals surface area contributed by atoms with Crippen LogP contribution in [0.1, 0.15) is 0 Å². The number of nitrogens with zero attached hydrogens (tertiary/aromatic N) is 2. The van der Waals surface area contributed by atoms with Gasteiger partial charge in [0, 0.05) is 6.07 Å². The Morgan fingerprint density at radius 1 is 1.40 bits per heavy atom. The van der Waals surface area contributed by atoms with Gasteiger partial charge in [-0.2, -0.15) is 0 Å². The molecular weight excluding hydrogens is 175 g/mol. The summed E-state index contributed by atoms with van der Waals surface area (Å²) in [7, 11) is 1.46. The third-order valence-electron chi connectivity index (χ3n) is 0.880. The summed E-state index contributed by atoms with van der Waals surface area (Å²) in [6.45, 7) is 0. The second-order valence-corrected chi connectivity index (χ2v) is 2.32. The SMILES string of the molecule is COc1nnc(Cl)cc1Cl. The van der Waals surface area contributed by atoms with Crippen molar-refractivity contribution in [1.82, 2.24) is 10.2 Å². The van der Waals surface area contributed by atoms with Crippen LogP contribution in [-0.4, -0.2) is 17.3 Å². The van der Waals surface area contributed by atoms with Crippen LogP contribution < -0.4 is 4.74 Å². The van der Waals surface area contributed by atoms with Crippen molar-refractivity contribution in [2.75, 3.05) is 7.11 Å². The molecule has 1 heterocycles. The first-order chi connectivity index (χ1) is 4.74. The van der Waals surface area contributed by atoms with E-state index in [0.29, 0.717) is 5.02 Å². The van der Waals surface area contributed by atoms with Crippen molar-refractivity contribution in [2.24, 2.45) is 0 Å². The lowest BCUT2D eigenvalue weighted by molar-refractivity contribution is 0.392. The van der Waals surface area contributed by atoms with E-state index >= 15 is 0 Å². The summed E-state index contributed by atoms with van der Waals surface area (Å²) in [6.07, 6.45) is 0. The summed E-state index contributed by atoms with van der Waals surface area (Å²) in [6, 6.07) is 1.47. The van der Waals surface area contributed by atoms with Gasteiger partial charge in [0.2, 0.25) is 0 Å². The standard InChI is InChI=1S/C5H4Cl2N2O/c1-10-5-3(6)2-4(7)8-9-5/h2H,1H3. The summed E-state index contributed by atoms with van der Waals surface area (Å²) < 4.78 is 4.74. The van der Waals surface area contributed by atoms with Crippen LogP contribution in [0.5, 0.6) is 5.88 Å². The minimum Gasteiger partial charge on any atom is -0.479 e. The molecule has 0 amide bonds. The Bertz CT molecular complexity index is 241. The molecule has 54 valence electrons. The van der Waals surface area contributed by atoms with Crippen molar-refractivity contribution in [3.63, 3.8) is 0 Å². The lowest BCUT2D eigenvalue weighted by Gasteiger charge is -1.97. The average Bonchev–Trinajstić information content (AvgIpc) is 1.88. The molecule has 0 unspecified atom stereocenters. The van der Waals surface area contributed by atoms with Crippen molar-refractivity contribution < 1.29 is 4.74 Å². The molecule has 0 aliphatic heterocycles. The Balaban J connectivity index is 3.07. The normalized spacial score (nSPS) is 9.50. The summed E-state index contributed by atoms with van der Waals surface area (Å²) >= 11 is 11.1. The number of halogens is 2. The largest absolute Gasteiger partial charge is 0.479 e. The molecule has 10 heavy (non-hydrogen) atoms. The van der Waals surface area contributed by atoms with Crippen molar-refractivity contribution in [3.05, 3.63) is 16.2 Å². The molecule has 0 N–H and O–H groups in total. The molecule has 1 aromatic heterocycles. The van der Waals surface area contributed by atoms with Crippen LogP contribution >= 0.6 is 23.2 Å². The van der Waals surface area contributed by atoms with Gasteiger partial charge in [0.25, 0.3) is 5.88 Å². The summed E-state index contributed by atoms with van der Waals surface area (Å²) in [5.74, 6) is 0.283. The third-order valence-corrected chi connectivity index (χ3v) is 1.34. The molecular formula is C5H4Cl2N2O. The summed E-state index contributed by atoms with van der Waals surface area (Å²) in [5, 5.41) is 7.70. The number of hydrogen-bond donors (Lipinski definition) is 0. The second-order valence-electron chi connectivity index (χ2n) is 1.52. The summed E-state index contributed by atoms with van der Waals surface area (Å²) in [5.41, 5.74) is 0. The molecule has 0 radical (unpaired) electrons. The van der Waals surface area contributed by atoms with Gasteiger partial charge in [0.15, 0.2) is 5.15 Å². The van der Waals surface area contributed by atoms with Crippen LogP contribution in [0.2, 0.25) is 10.2 Å². The highest BCUT2D eigenvalue weighted by Gasteiger charge is 2.01. The predicted molar refractivity (Wildman–Crippen MR) is 38.6 cm³/mol. The molecule has 0 aliphatic carbocycles. The zero-order valence-corrected chi connectivity index (χ0v) is 6.65. The Kier molecular flexibility index (Phi) is 2.29. The Hall–Kier alpha value is -0.540. The molecule has 0 fully saturated rings. The zero-order valence-electron chi connectivity index (χ0n) is 5.14. The van der Waals surface area contributed by atoms with Crippen LogP contribution in [0.15, 0.2) is 6.07 Å². The van der Waals surface area contributed by atoms with Gasteiger partial charge in [0.05, 0.1) is 7.11 Å². The topological polar surface area (TPSA) is 35.0 Å². The highest BCUT2D eigenvalue weighted by atomic mass is 35.5. The van der Waals surface area contributed by atoms with E-state index < -0.39 is 0 Å². The monoisotopic (exact) mass is 178 g/mol. The molecule has 0 bridgehead atoms. The van der Waals surface area contributed by atoms with E-state index in [1.54, 1.807) is 0 Å². The fourth-order valence-corrected chi connectivity index (χ4v) is 0.895. The third kappa shape index (κ3) is 1.49. The first-order valence-electron chi connectivity index (χ1n) is 2.46. The van der Waals surface area contributed by atoms with Crippen molar-refractivity contribution in [1.29, 1.82) is 0 Å². The maximum Gasteiger partial charge on any atom is 0.252 e. The Morgan fingerprint density at radius 2 is 2.10 bits per heavy atom. The molecule has 1 aromatic rings. The lowest BCUT2D eigenvalue weighted by atomic mass is 10.6. The second kappa shape index (κ2) is 3.03. The molecule has 1 rings (SSSR count). The Morgan fingerprint density at radius 3 is 2.60 bits per heavy atom. The van der Waals surface area contributed by atoms with Crippen LogP contribution in [0.4, 0.5) is 0 Å². The van der Waals surface area contributed by atoms with Gasteiger partial charge in [-0.1, -0.05) is 23.2 Å². The average molecular weight is 179 g/mol. The van der Waals surface area contributed by atoms with Crippen molar-refractivity contribution in [3.8, 4) is 5.88 Å². The number of methoxy groups -OCH3 is 1. The quantitative estimate of drug-likeness (QED) is 0.659. The highest BCUT2D eigenvalue weighted by Crippen LogP contribution is 2.21. The number of rotatable bonds is 1. The maximum absolute atomic E-state index is 5.62. The first kappa shape index (κ1) is 7.57. The molecule has 0 atom stereocenters. The van der Waals surface area contributed by atoms with Crippen molar-refractivity contribution >= 4 is 23.2 Å². The van der Waals surface area contributed by atoms with E-state index in [0.717, 1.165) is 0 Å². The van der Waals surface area contributed by atoms with Gasteiger partial charge >= 0.3 is 0 Å². The number of ether oxygens (including phenoxy) is 1. The zero-order chi connectivity index (χ0) is 7.56. The van der Waals surface area contributed by atoms with E-state index in [1.807, 2.05) is 0 Å². The van der Waals surface area contributed by atoms with Gasteiger partial charge in [-0.05, 0) is 0 Å². The fraction of sp³-hybridized carbons (Fsp3) is 0.200. The van der Waals surface area contributed by atoms with Gasteiger partial charge in [0.1, 0.15) is 5.02 Å². The van der Waals surface area contributed by atoms with Crippen molar-refractivity contribution in [2.45, 2.75) is 0 Å². The molecule has 5 heteroatoms. The van der Waals surface area contributed by atoms with Crippen LogP contribution in [0, 0.1) is 0 Å². The lowest BCUT2D eigenvalue weighted by Crippen LogP contribution is -1.90. The minimum absolute atomic E-state index is 0.255. The number of aromatic nitrogens is 2. The van der Waals surface area contributed by atoms with E-state index in [1.165, 1.54) is 13.2 Å². The summed E-state index contributed by atoms with van der Waals surface area (Å²) in [4.78, 5) is 0. The Labute approximate surface area is 67.9 Å². The van der Waals surface area contributed by atoms with E-state index in [2.05, 4.69) is 10.2 Å². The van der Waals surface area contributed by atoms with Gasteiger partial charge in [-0.3, -0.25) is 0 Å². The van der Waals surface area contributed by atoms with Crippen LogP contribution in [0.25, 0.3) is 0 Å². The maximum atomic E-state index is 5.62. The smallest absolute Gasteiger partial charge is 0.252 e. The van der Waals surface area contributed by atoms with Gasteiger partial charge < -0.3 is 4.74 Å². The fourth-order valence-electron chi connectivity index (χ4n) is 0.474. The van der Waals surface area contributed by atoms with E-state index in [9.17, 15) is 0 Å². The van der Waals surface area contributed by atoms with E-state index in [4.69, 9.17) is 27.9 Å². The van der Waals surface area contributed by atoms with Crippen LogP contribution in [0.3, 0.4) is 0 Å². The highest BCUT2D eigenvalue weighted by molar-refractivity contribution is 6.34. The molecule has 0 saturated heterocycles. The van der Waals surface area contributed by atoms with Gasteiger partial charge in [-0.15, -0.1) is 10.2 Å². The molecule has 0 saturated carbocycles. The van der Waals surface area contributed by atoms with Gasteiger partial charge in [-0.25, -0.2) is 0 Å². The van der Waals surface area contributed by atoms with E-state index in [-0.39, 0.29) is 11.0 Å². The predicted octanol–water partition coefficient (Wildman–Crippen LogP) is 1.79. The first-order valence-corrected chi connectivity index (χ1v) is 3.22. The number of hydrogen-bond acceptors (Lipinski definition) is 3.